The van der Waals surface area contributed by atoms with E-state index in [0.717, 1.165) is 34.2 Å². The normalized spacial score (nSPS) is 11.4. The highest BCUT2D eigenvalue weighted by Crippen LogP contribution is 2.28. The number of phenolic OH excluding ortho intramolecular Hbond substituents is 1. The van der Waals surface area contributed by atoms with Crippen molar-refractivity contribution in [2.24, 2.45) is 0 Å². The Bertz CT molecular complexity index is 1240. The van der Waals surface area contributed by atoms with Gasteiger partial charge in [-0.1, -0.05) is 67.6 Å². The zero-order valence-corrected chi connectivity index (χ0v) is 17.4. The standard InChI is InChI=1S/C26H22O3S/c1-2-19-3-15-25(16-4-19)30(28,29)26-17-11-23(12-18-26)21-7-5-20(6-8-21)22-9-13-24(27)14-10-22/h3-18,27H,2H2,1H3. The molecule has 0 bridgehead atoms. The van der Waals surface area contributed by atoms with Crippen molar-refractivity contribution >= 4 is 9.84 Å². The van der Waals surface area contributed by atoms with Crippen LogP contribution in [0.1, 0.15) is 12.5 Å². The Morgan fingerprint density at radius 3 is 1.30 bits per heavy atom. The molecule has 30 heavy (non-hydrogen) atoms. The van der Waals surface area contributed by atoms with Gasteiger partial charge in [0, 0.05) is 0 Å². The lowest BCUT2D eigenvalue weighted by molar-refractivity contribution is 0.475. The molecule has 1 N–H and O–H groups in total. The zero-order chi connectivity index (χ0) is 21.1. The maximum Gasteiger partial charge on any atom is 0.206 e. The molecule has 3 nitrogen and oxygen atoms in total. The van der Waals surface area contributed by atoms with Crippen molar-refractivity contribution in [3.63, 3.8) is 0 Å². The van der Waals surface area contributed by atoms with E-state index in [4.69, 9.17) is 0 Å². The molecule has 0 atom stereocenters. The molecule has 4 aromatic carbocycles. The molecule has 0 aliphatic rings. The van der Waals surface area contributed by atoms with Gasteiger partial charge in [0.25, 0.3) is 0 Å². The first kappa shape index (κ1) is 19.9. The van der Waals surface area contributed by atoms with E-state index < -0.39 is 9.84 Å². The quantitative estimate of drug-likeness (QED) is 0.428. The van der Waals surface area contributed by atoms with Gasteiger partial charge < -0.3 is 5.11 Å². The summed E-state index contributed by atoms with van der Waals surface area (Å²) < 4.78 is 25.8. The number of sulfone groups is 1. The van der Waals surface area contributed by atoms with Crippen LogP contribution in [0.25, 0.3) is 22.3 Å². The molecule has 4 aromatic rings. The largest absolute Gasteiger partial charge is 0.508 e. The second-order valence-corrected chi connectivity index (χ2v) is 9.10. The smallest absolute Gasteiger partial charge is 0.206 e. The molecule has 0 radical (unpaired) electrons. The van der Waals surface area contributed by atoms with Gasteiger partial charge >= 0.3 is 0 Å². The summed E-state index contributed by atoms with van der Waals surface area (Å²) in [5.74, 6) is 0.242. The van der Waals surface area contributed by atoms with E-state index in [1.165, 1.54) is 0 Å². The number of benzene rings is 4. The van der Waals surface area contributed by atoms with Crippen molar-refractivity contribution in [1.29, 1.82) is 0 Å². The van der Waals surface area contributed by atoms with Gasteiger partial charge in [-0.05, 0) is 70.6 Å². The number of hydrogen-bond acceptors (Lipinski definition) is 3. The monoisotopic (exact) mass is 414 g/mol. The van der Waals surface area contributed by atoms with E-state index in [1.54, 1.807) is 36.4 Å². The summed E-state index contributed by atoms with van der Waals surface area (Å²) >= 11 is 0. The SMILES string of the molecule is CCc1ccc(S(=O)(=O)c2ccc(-c3ccc(-c4ccc(O)cc4)cc3)cc2)cc1. The third-order valence-corrected chi connectivity index (χ3v) is 7.01. The van der Waals surface area contributed by atoms with Crippen molar-refractivity contribution in [2.45, 2.75) is 23.1 Å². The van der Waals surface area contributed by atoms with Gasteiger partial charge in [0.05, 0.1) is 9.79 Å². The first-order valence-corrected chi connectivity index (χ1v) is 11.3. The first-order valence-electron chi connectivity index (χ1n) is 9.81. The van der Waals surface area contributed by atoms with Gasteiger partial charge in [0.2, 0.25) is 9.84 Å². The lowest BCUT2D eigenvalue weighted by Gasteiger charge is -2.08. The number of aromatic hydroxyl groups is 1. The topological polar surface area (TPSA) is 54.4 Å². The maximum atomic E-state index is 12.9. The van der Waals surface area contributed by atoms with Crippen molar-refractivity contribution < 1.29 is 13.5 Å². The Labute approximate surface area is 177 Å². The number of rotatable bonds is 5. The highest BCUT2D eigenvalue weighted by molar-refractivity contribution is 7.91. The summed E-state index contributed by atoms with van der Waals surface area (Å²) in [7, 11) is -3.53. The van der Waals surface area contributed by atoms with Gasteiger partial charge in [-0.25, -0.2) is 8.42 Å². The molecule has 0 aromatic heterocycles. The number of phenols is 1. The van der Waals surface area contributed by atoms with Crippen LogP contribution in [-0.2, 0) is 16.3 Å². The first-order chi connectivity index (χ1) is 14.5. The number of aryl methyl sites for hydroxylation is 1. The Kier molecular flexibility index (Phi) is 5.42. The maximum absolute atomic E-state index is 12.9. The minimum absolute atomic E-state index is 0.242. The predicted octanol–water partition coefficient (Wildman–Crippen LogP) is 6.12. The van der Waals surface area contributed by atoms with Crippen LogP contribution in [0.2, 0.25) is 0 Å². The zero-order valence-electron chi connectivity index (χ0n) is 16.6. The van der Waals surface area contributed by atoms with Crippen molar-refractivity contribution in [2.75, 3.05) is 0 Å². The number of hydrogen-bond donors (Lipinski definition) is 1. The van der Waals surface area contributed by atoms with Crippen LogP contribution >= 0.6 is 0 Å². The molecular weight excluding hydrogens is 392 g/mol. The lowest BCUT2D eigenvalue weighted by Crippen LogP contribution is -2.02. The summed E-state index contributed by atoms with van der Waals surface area (Å²) in [5, 5.41) is 9.43. The van der Waals surface area contributed by atoms with Crippen LogP contribution in [0.4, 0.5) is 0 Å². The van der Waals surface area contributed by atoms with Gasteiger partial charge in [-0.3, -0.25) is 0 Å². The summed E-state index contributed by atoms with van der Waals surface area (Å²) in [6.45, 7) is 2.04. The average molecular weight is 415 g/mol. The summed E-state index contributed by atoms with van der Waals surface area (Å²) in [6, 6.07) is 29.2. The molecule has 4 heteroatoms. The molecule has 0 amide bonds. The molecule has 0 fully saturated rings. The fourth-order valence-electron chi connectivity index (χ4n) is 3.38. The van der Waals surface area contributed by atoms with Gasteiger partial charge in [0.15, 0.2) is 0 Å². The molecule has 0 aliphatic carbocycles. The van der Waals surface area contributed by atoms with Crippen LogP contribution in [0.3, 0.4) is 0 Å². The van der Waals surface area contributed by atoms with E-state index in [0.29, 0.717) is 4.90 Å². The molecule has 150 valence electrons. The Balaban J connectivity index is 1.57. The third-order valence-electron chi connectivity index (χ3n) is 5.23. The summed E-state index contributed by atoms with van der Waals surface area (Å²) in [5.41, 5.74) is 5.14. The van der Waals surface area contributed by atoms with E-state index in [2.05, 4.69) is 0 Å². The van der Waals surface area contributed by atoms with Crippen molar-refractivity contribution in [3.8, 4) is 28.0 Å². The second-order valence-electron chi connectivity index (χ2n) is 7.15. The summed E-state index contributed by atoms with van der Waals surface area (Å²) in [6.07, 6.45) is 0.876. The van der Waals surface area contributed by atoms with E-state index in [1.807, 2.05) is 67.6 Å². The fraction of sp³-hybridized carbons (Fsp3) is 0.0769. The molecule has 0 spiro atoms. The van der Waals surface area contributed by atoms with Crippen molar-refractivity contribution in [3.05, 3.63) is 103 Å². The van der Waals surface area contributed by atoms with Gasteiger partial charge in [-0.15, -0.1) is 0 Å². The van der Waals surface area contributed by atoms with E-state index >= 15 is 0 Å². The molecule has 0 unspecified atom stereocenters. The van der Waals surface area contributed by atoms with Crippen LogP contribution in [-0.4, -0.2) is 13.5 Å². The van der Waals surface area contributed by atoms with Gasteiger partial charge in [0.1, 0.15) is 5.75 Å². The molecule has 0 saturated heterocycles. The Hall–Kier alpha value is -3.37. The van der Waals surface area contributed by atoms with Crippen LogP contribution in [0.15, 0.2) is 107 Å². The lowest BCUT2D eigenvalue weighted by atomic mass is 10.0. The average Bonchev–Trinajstić information content (AvgIpc) is 2.80. The molecular formula is C26H22O3S. The minimum Gasteiger partial charge on any atom is -0.508 e. The third kappa shape index (κ3) is 4.00. The van der Waals surface area contributed by atoms with Crippen LogP contribution in [0, 0.1) is 0 Å². The van der Waals surface area contributed by atoms with E-state index in [9.17, 15) is 13.5 Å². The van der Waals surface area contributed by atoms with Crippen LogP contribution in [0.5, 0.6) is 5.75 Å². The molecule has 4 rings (SSSR count). The molecule has 0 heterocycles. The highest BCUT2D eigenvalue weighted by Gasteiger charge is 2.17. The van der Waals surface area contributed by atoms with E-state index in [-0.39, 0.29) is 10.6 Å². The highest BCUT2D eigenvalue weighted by atomic mass is 32.2. The Morgan fingerprint density at radius 1 is 0.567 bits per heavy atom. The minimum atomic E-state index is -3.53. The van der Waals surface area contributed by atoms with Crippen molar-refractivity contribution in [1.82, 2.24) is 0 Å². The fourth-order valence-corrected chi connectivity index (χ4v) is 4.64. The molecule has 0 saturated carbocycles. The molecule has 0 aliphatic heterocycles. The van der Waals surface area contributed by atoms with Gasteiger partial charge in [-0.2, -0.15) is 0 Å². The second kappa shape index (κ2) is 8.17. The predicted molar refractivity (Wildman–Crippen MR) is 120 cm³/mol. The summed E-state index contributed by atoms with van der Waals surface area (Å²) in [4.78, 5) is 0.599. The Morgan fingerprint density at radius 2 is 0.900 bits per heavy atom. The van der Waals surface area contributed by atoms with Crippen LogP contribution < -0.4 is 0 Å².